The molecule has 4 heteroatoms. The van der Waals surface area contributed by atoms with E-state index in [1.807, 2.05) is 0 Å². The highest BCUT2D eigenvalue weighted by Crippen LogP contribution is 2.28. The molecule has 2 aliphatic heterocycles. The molecule has 0 spiro atoms. The van der Waals surface area contributed by atoms with Crippen molar-refractivity contribution in [1.29, 1.82) is 0 Å². The Morgan fingerprint density at radius 1 is 1.38 bits per heavy atom. The zero-order valence-corrected chi connectivity index (χ0v) is 9.96. The number of amides is 1. The van der Waals surface area contributed by atoms with E-state index >= 15 is 0 Å². The van der Waals surface area contributed by atoms with Crippen molar-refractivity contribution in [3.05, 3.63) is 0 Å². The second kappa shape index (κ2) is 5.15. The van der Waals surface area contributed by atoms with E-state index in [1.54, 1.807) is 0 Å². The maximum atomic E-state index is 11.8. The van der Waals surface area contributed by atoms with Crippen molar-refractivity contribution in [1.82, 2.24) is 5.32 Å². The molecule has 1 unspecified atom stereocenters. The lowest BCUT2D eigenvalue weighted by Gasteiger charge is -2.33. The normalized spacial score (nSPS) is 28.9. The summed E-state index contributed by atoms with van der Waals surface area (Å²) in [6, 6.07) is 0. The fraction of sp³-hybridized carbons (Fsp3) is 0.917. The van der Waals surface area contributed by atoms with Crippen LogP contribution >= 0.6 is 0 Å². The molecule has 16 heavy (non-hydrogen) atoms. The molecule has 2 fully saturated rings. The lowest BCUT2D eigenvalue weighted by Crippen LogP contribution is -2.43. The van der Waals surface area contributed by atoms with Crippen LogP contribution in [0, 0.1) is 5.41 Å². The average Bonchev–Trinajstić information content (AvgIpc) is 2.80. The average molecular weight is 227 g/mol. The minimum absolute atomic E-state index is 0.0604. The van der Waals surface area contributed by atoms with E-state index in [-0.39, 0.29) is 17.4 Å². The van der Waals surface area contributed by atoms with E-state index in [9.17, 15) is 4.79 Å². The van der Waals surface area contributed by atoms with E-state index in [2.05, 4.69) is 12.2 Å². The largest absolute Gasteiger partial charge is 0.381 e. The zero-order valence-electron chi connectivity index (χ0n) is 9.96. The van der Waals surface area contributed by atoms with Gasteiger partial charge < -0.3 is 14.8 Å². The van der Waals surface area contributed by atoms with Gasteiger partial charge in [0.1, 0.15) is 6.10 Å². The molecular weight excluding hydrogens is 206 g/mol. The Balaban J connectivity index is 1.75. The first-order chi connectivity index (χ1) is 7.70. The first-order valence-electron chi connectivity index (χ1n) is 6.17. The van der Waals surface area contributed by atoms with Crippen molar-refractivity contribution in [3.63, 3.8) is 0 Å². The van der Waals surface area contributed by atoms with E-state index in [4.69, 9.17) is 9.47 Å². The lowest BCUT2D eigenvalue weighted by atomic mass is 9.82. The van der Waals surface area contributed by atoms with E-state index in [0.29, 0.717) is 0 Å². The first-order valence-corrected chi connectivity index (χ1v) is 6.17. The van der Waals surface area contributed by atoms with Gasteiger partial charge in [-0.3, -0.25) is 4.79 Å². The Bertz CT molecular complexity index is 243. The number of nitrogens with one attached hydrogen (secondary N) is 1. The molecule has 1 N–H and O–H groups in total. The number of carbonyl (C=O) groups is 1. The molecule has 0 aromatic carbocycles. The molecule has 1 amide bonds. The molecular formula is C12H21NO3. The molecule has 0 aromatic heterocycles. The Morgan fingerprint density at radius 2 is 2.12 bits per heavy atom. The summed E-state index contributed by atoms with van der Waals surface area (Å²) in [5, 5.41) is 3.02. The molecule has 4 nitrogen and oxygen atoms in total. The van der Waals surface area contributed by atoms with Gasteiger partial charge in [0.2, 0.25) is 5.91 Å². The Kier molecular flexibility index (Phi) is 3.82. The van der Waals surface area contributed by atoms with Crippen LogP contribution < -0.4 is 5.32 Å². The minimum atomic E-state index is -0.205. The van der Waals surface area contributed by atoms with Crippen molar-refractivity contribution in [2.45, 2.75) is 38.7 Å². The monoisotopic (exact) mass is 227 g/mol. The van der Waals surface area contributed by atoms with Crippen LogP contribution in [0.4, 0.5) is 0 Å². The van der Waals surface area contributed by atoms with Gasteiger partial charge in [-0.15, -0.1) is 0 Å². The van der Waals surface area contributed by atoms with Gasteiger partial charge >= 0.3 is 0 Å². The Labute approximate surface area is 96.7 Å². The molecule has 92 valence electrons. The van der Waals surface area contributed by atoms with Gasteiger partial charge in [0.25, 0.3) is 0 Å². The smallest absolute Gasteiger partial charge is 0.249 e. The van der Waals surface area contributed by atoms with Gasteiger partial charge in [0.05, 0.1) is 0 Å². The highest BCUT2D eigenvalue weighted by molar-refractivity contribution is 5.80. The third-order valence-corrected chi connectivity index (χ3v) is 3.61. The van der Waals surface area contributed by atoms with Crippen LogP contribution in [-0.4, -0.2) is 38.4 Å². The van der Waals surface area contributed by atoms with E-state index in [0.717, 1.165) is 52.0 Å². The Hall–Kier alpha value is -0.610. The van der Waals surface area contributed by atoms with Crippen molar-refractivity contribution < 1.29 is 14.3 Å². The maximum absolute atomic E-state index is 11.8. The van der Waals surface area contributed by atoms with Gasteiger partial charge in [-0.2, -0.15) is 0 Å². The summed E-state index contributed by atoms with van der Waals surface area (Å²) in [5.41, 5.74) is 0.201. The van der Waals surface area contributed by atoms with Crippen LogP contribution in [0.5, 0.6) is 0 Å². The topological polar surface area (TPSA) is 47.6 Å². The van der Waals surface area contributed by atoms with Crippen molar-refractivity contribution in [2.24, 2.45) is 5.41 Å². The summed E-state index contributed by atoms with van der Waals surface area (Å²) < 4.78 is 10.7. The molecule has 0 aliphatic carbocycles. The number of hydrogen-bond donors (Lipinski definition) is 1. The van der Waals surface area contributed by atoms with Crippen LogP contribution in [0.3, 0.4) is 0 Å². The minimum Gasteiger partial charge on any atom is -0.381 e. The molecule has 2 aliphatic rings. The van der Waals surface area contributed by atoms with Gasteiger partial charge in [-0.1, -0.05) is 6.92 Å². The van der Waals surface area contributed by atoms with Gasteiger partial charge in [-0.25, -0.2) is 0 Å². The third kappa shape index (κ3) is 2.95. The highest BCUT2D eigenvalue weighted by atomic mass is 16.5. The molecule has 2 rings (SSSR count). The number of rotatable bonds is 3. The van der Waals surface area contributed by atoms with Gasteiger partial charge in [-0.05, 0) is 31.1 Å². The maximum Gasteiger partial charge on any atom is 0.249 e. The molecule has 0 bridgehead atoms. The first kappa shape index (κ1) is 11.9. The summed E-state index contributed by atoms with van der Waals surface area (Å²) in [6.45, 7) is 5.31. The Morgan fingerprint density at radius 3 is 2.75 bits per heavy atom. The number of ether oxygens (including phenoxy) is 2. The quantitative estimate of drug-likeness (QED) is 0.785. The van der Waals surface area contributed by atoms with Crippen LogP contribution in [0.15, 0.2) is 0 Å². The predicted molar refractivity (Wildman–Crippen MR) is 60.1 cm³/mol. The van der Waals surface area contributed by atoms with Gasteiger partial charge in [0, 0.05) is 26.4 Å². The fourth-order valence-corrected chi connectivity index (χ4v) is 2.24. The summed E-state index contributed by atoms with van der Waals surface area (Å²) in [5.74, 6) is 0.0604. The van der Waals surface area contributed by atoms with Crippen molar-refractivity contribution >= 4 is 5.91 Å². The summed E-state index contributed by atoms with van der Waals surface area (Å²) in [7, 11) is 0. The fourth-order valence-electron chi connectivity index (χ4n) is 2.24. The highest BCUT2D eigenvalue weighted by Gasteiger charge is 2.30. The summed E-state index contributed by atoms with van der Waals surface area (Å²) in [4.78, 5) is 11.8. The second-order valence-electron chi connectivity index (χ2n) is 5.14. The second-order valence-corrected chi connectivity index (χ2v) is 5.14. The van der Waals surface area contributed by atoms with E-state index in [1.165, 1.54) is 0 Å². The van der Waals surface area contributed by atoms with Crippen LogP contribution in [-0.2, 0) is 14.3 Å². The van der Waals surface area contributed by atoms with Crippen LogP contribution in [0.2, 0.25) is 0 Å². The molecule has 0 aromatic rings. The van der Waals surface area contributed by atoms with E-state index < -0.39 is 0 Å². The van der Waals surface area contributed by atoms with Gasteiger partial charge in [0.15, 0.2) is 0 Å². The van der Waals surface area contributed by atoms with Crippen LogP contribution in [0.1, 0.15) is 32.6 Å². The molecule has 2 heterocycles. The SMILES string of the molecule is CC1(CNC(=O)C2CCCO2)CCOCC1. The molecule has 1 atom stereocenters. The standard InChI is InChI=1S/C12H21NO3/c1-12(4-7-15-8-5-12)9-13-11(14)10-3-2-6-16-10/h10H,2-9H2,1H3,(H,13,14). The third-order valence-electron chi connectivity index (χ3n) is 3.61. The van der Waals surface area contributed by atoms with Crippen molar-refractivity contribution in [3.8, 4) is 0 Å². The molecule has 0 radical (unpaired) electrons. The summed E-state index contributed by atoms with van der Waals surface area (Å²) in [6.07, 6.45) is 3.72. The van der Waals surface area contributed by atoms with Crippen molar-refractivity contribution in [2.75, 3.05) is 26.4 Å². The lowest BCUT2D eigenvalue weighted by molar-refractivity contribution is -0.130. The van der Waals surface area contributed by atoms with Crippen LogP contribution in [0.25, 0.3) is 0 Å². The molecule has 2 saturated heterocycles. The number of carbonyl (C=O) groups excluding carboxylic acids is 1. The summed E-state index contributed by atoms with van der Waals surface area (Å²) >= 11 is 0. The number of hydrogen-bond acceptors (Lipinski definition) is 3. The predicted octanol–water partition coefficient (Wildman–Crippen LogP) is 1.10. The molecule has 0 saturated carbocycles. The zero-order chi connectivity index (χ0) is 11.4.